The van der Waals surface area contributed by atoms with Gasteiger partial charge in [-0.2, -0.15) is 23.1 Å². The molecule has 0 unspecified atom stereocenters. The number of alkyl halides is 3. The number of hydrogen-bond donors (Lipinski definition) is 2. The van der Waals surface area contributed by atoms with E-state index in [2.05, 4.69) is 41.8 Å². The molecule has 0 radical (unpaired) electrons. The molecule has 2 heterocycles. The molecule has 4 aromatic rings. The predicted octanol–water partition coefficient (Wildman–Crippen LogP) is 4.71. The number of rotatable bonds is 7. The number of amides is 2. The lowest BCUT2D eigenvalue weighted by Gasteiger charge is -2.12. The number of carbonyl (C=O) groups excluding carboxylic acids is 2. The zero-order valence-corrected chi connectivity index (χ0v) is 21.5. The summed E-state index contributed by atoms with van der Waals surface area (Å²) < 4.78 is 40.4. The highest BCUT2D eigenvalue weighted by atomic mass is 79.9. The highest BCUT2D eigenvalue weighted by Crippen LogP contribution is 2.36. The van der Waals surface area contributed by atoms with Crippen molar-refractivity contribution in [3.05, 3.63) is 74.5 Å². The van der Waals surface area contributed by atoms with E-state index in [9.17, 15) is 22.8 Å². The SMILES string of the molecule is NC(=O)c1cc(Cl)cc(Br)c1NC(=O)c1cc(Cn2nnc(-c3ccc(C(F)(F)F)cc3)n2)nn1C1CC1. The zero-order chi connectivity index (χ0) is 27.2. The van der Waals surface area contributed by atoms with Crippen molar-refractivity contribution in [2.24, 2.45) is 5.73 Å². The Bertz CT molecular complexity index is 1550. The summed E-state index contributed by atoms with van der Waals surface area (Å²) in [6, 6.07) is 8.92. The van der Waals surface area contributed by atoms with E-state index in [0.717, 1.165) is 25.0 Å². The number of aromatic nitrogens is 6. The van der Waals surface area contributed by atoms with Crippen molar-refractivity contribution >= 4 is 45.0 Å². The Morgan fingerprint density at radius 1 is 1.13 bits per heavy atom. The molecule has 1 saturated carbocycles. The van der Waals surface area contributed by atoms with Gasteiger partial charge in [0, 0.05) is 15.1 Å². The van der Waals surface area contributed by atoms with Crippen molar-refractivity contribution in [3.63, 3.8) is 0 Å². The Balaban J connectivity index is 1.37. The lowest BCUT2D eigenvalue weighted by Crippen LogP contribution is -2.21. The Morgan fingerprint density at radius 3 is 2.47 bits per heavy atom. The highest BCUT2D eigenvalue weighted by Gasteiger charge is 2.31. The van der Waals surface area contributed by atoms with Crippen LogP contribution in [0.25, 0.3) is 11.4 Å². The van der Waals surface area contributed by atoms with Gasteiger partial charge in [-0.3, -0.25) is 14.3 Å². The van der Waals surface area contributed by atoms with Crippen LogP contribution in [-0.2, 0) is 12.7 Å². The topological polar surface area (TPSA) is 134 Å². The molecule has 196 valence electrons. The quantitative estimate of drug-likeness (QED) is 0.312. The van der Waals surface area contributed by atoms with Crippen LogP contribution in [0.5, 0.6) is 0 Å². The highest BCUT2D eigenvalue weighted by molar-refractivity contribution is 9.10. The zero-order valence-electron chi connectivity index (χ0n) is 19.2. The second kappa shape index (κ2) is 9.83. The molecule has 10 nitrogen and oxygen atoms in total. The molecular weight excluding hydrogens is 593 g/mol. The van der Waals surface area contributed by atoms with Gasteiger partial charge in [-0.15, -0.1) is 10.2 Å². The second-order valence-corrected chi connectivity index (χ2v) is 9.83. The number of nitrogens with zero attached hydrogens (tertiary/aromatic N) is 6. The molecule has 1 fully saturated rings. The molecule has 1 aliphatic carbocycles. The maximum absolute atomic E-state index is 13.2. The van der Waals surface area contributed by atoms with Crippen molar-refractivity contribution in [2.45, 2.75) is 31.6 Å². The summed E-state index contributed by atoms with van der Waals surface area (Å²) in [5.41, 5.74) is 5.97. The Labute approximate surface area is 226 Å². The minimum Gasteiger partial charge on any atom is -0.366 e. The average molecular weight is 610 g/mol. The summed E-state index contributed by atoms with van der Waals surface area (Å²) in [7, 11) is 0. The molecule has 2 aromatic heterocycles. The van der Waals surface area contributed by atoms with Crippen LogP contribution in [0.4, 0.5) is 18.9 Å². The molecule has 38 heavy (non-hydrogen) atoms. The van der Waals surface area contributed by atoms with Gasteiger partial charge in [0.05, 0.1) is 28.6 Å². The van der Waals surface area contributed by atoms with Crippen molar-refractivity contribution in [1.29, 1.82) is 0 Å². The molecule has 2 aromatic carbocycles. The fourth-order valence-corrected chi connectivity index (χ4v) is 4.65. The first-order chi connectivity index (χ1) is 18.0. The van der Waals surface area contributed by atoms with E-state index in [1.54, 1.807) is 10.7 Å². The summed E-state index contributed by atoms with van der Waals surface area (Å²) in [5.74, 6) is -1.14. The molecule has 1 aliphatic rings. The largest absolute Gasteiger partial charge is 0.416 e. The van der Waals surface area contributed by atoms with Crippen LogP contribution in [0.2, 0.25) is 5.02 Å². The van der Waals surface area contributed by atoms with Crippen LogP contribution >= 0.6 is 27.5 Å². The number of carbonyl (C=O) groups is 2. The normalized spacial score (nSPS) is 13.5. The molecule has 0 saturated heterocycles. The number of anilines is 1. The number of nitrogens with two attached hydrogens (primary N) is 1. The lowest BCUT2D eigenvalue weighted by molar-refractivity contribution is -0.137. The van der Waals surface area contributed by atoms with Crippen LogP contribution in [0.1, 0.15) is 51.0 Å². The number of nitrogens with one attached hydrogen (secondary N) is 1. The van der Waals surface area contributed by atoms with Gasteiger partial charge in [-0.25, -0.2) is 0 Å². The summed E-state index contributed by atoms with van der Waals surface area (Å²) in [4.78, 5) is 26.4. The van der Waals surface area contributed by atoms with Gasteiger partial charge in [0.1, 0.15) is 12.2 Å². The third-order valence-electron chi connectivity index (χ3n) is 5.70. The minimum atomic E-state index is -4.45. The molecular formula is C23H17BrClF3N8O2. The Kier molecular flexibility index (Phi) is 6.69. The fraction of sp³-hybridized carbons (Fsp3) is 0.217. The van der Waals surface area contributed by atoms with Gasteiger partial charge < -0.3 is 11.1 Å². The van der Waals surface area contributed by atoms with Crippen LogP contribution in [0, 0.1) is 0 Å². The van der Waals surface area contributed by atoms with Crippen LogP contribution in [0.3, 0.4) is 0 Å². The van der Waals surface area contributed by atoms with Crippen molar-refractivity contribution in [1.82, 2.24) is 30.0 Å². The third-order valence-corrected chi connectivity index (χ3v) is 6.54. The van der Waals surface area contributed by atoms with E-state index in [0.29, 0.717) is 15.7 Å². The van der Waals surface area contributed by atoms with Gasteiger partial charge >= 0.3 is 6.18 Å². The second-order valence-electron chi connectivity index (χ2n) is 8.54. The first kappa shape index (κ1) is 25.9. The number of benzene rings is 2. The van der Waals surface area contributed by atoms with Crippen molar-refractivity contribution in [3.8, 4) is 11.4 Å². The van der Waals surface area contributed by atoms with Gasteiger partial charge in [0.15, 0.2) is 0 Å². The molecule has 0 aliphatic heterocycles. The predicted molar refractivity (Wildman–Crippen MR) is 133 cm³/mol. The third kappa shape index (κ3) is 5.41. The van der Waals surface area contributed by atoms with Crippen LogP contribution < -0.4 is 11.1 Å². The average Bonchev–Trinajstić information content (AvgIpc) is 3.45. The van der Waals surface area contributed by atoms with Crippen molar-refractivity contribution in [2.75, 3.05) is 5.32 Å². The summed E-state index contributed by atoms with van der Waals surface area (Å²) in [6.45, 7) is 0.0603. The first-order valence-corrected chi connectivity index (χ1v) is 12.3. The molecule has 3 N–H and O–H groups in total. The molecule has 2 amide bonds. The minimum absolute atomic E-state index is 0.0399. The smallest absolute Gasteiger partial charge is 0.366 e. The van der Waals surface area contributed by atoms with E-state index in [1.807, 2.05) is 0 Å². The maximum Gasteiger partial charge on any atom is 0.416 e. The number of hydrogen-bond acceptors (Lipinski definition) is 6. The first-order valence-electron chi connectivity index (χ1n) is 11.1. The monoisotopic (exact) mass is 608 g/mol. The Morgan fingerprint density at radius 2 is 1.84 bits per heavy atom. The van der Waals surface area contributed by atoms with Crippen LogP contribution in [0.15, 0.2) is 46.9 Å². The number of tetrazole rings is 1. The van der Waals surface area contributed by atoms with E-state index < -0.39 is 23.6 Å². The van der Waals surface area contributed by atoms with E-state index >= 15 is 0 Å². The molecule has 15 heteroatoms. The molecule has 0 atom stereocenters. The standard InChI is InChI=1S/C23H17BrClF3N8O2/c24-17-8-13(25)7-16(20(29)37)19(17)30-22(38)18-9-14(32-36(18)15-5-6-15)10-35-33-21(31-34-35)11-1-3-12(4-2-11)23(26,27)28/h1-4,7-9,15H,5-6,10H2,(H2,29,37)(H,30,38). The fourth-order valence-electron chi connectivity index (χ4n) is 3.74. The van der Waals surface area contributed by atoms with Gasteiger partial charge in [-0.05, 0) is 64.3 Å². The van der Waals surface area contributed by atoms with E-state index in [4.69, 9.17) is 17.3 Å². The summed E-state index contributed by atoms with van der Waals surface area (Å²) in [5, 5.41) is 19.6. The number of halogens is 5. The Hall–Kier alpha value is -3.78. The van der Waals surface area contributed by atoms with Gasteiger partial charge in [0.2, 0.25) is 5.82 Å². The van der Waals surface area contributed by atoms with Crippen LogP contribution in [-0.4, -0.2) is 41.8 Å². The van der Waals surface area contributed by atoms with Gasteiger partial charge in [-0.1, -0.05) is 23.7 Å². The molecule has 0 spiro atoms. The number of primary amides is 1. The lowest BCUT2D eigenvalue weighted by atomic mass is 10.1. The maximum atomic E-state index is 13.2. The van der Waals surface area contributed by atoms with Crippen molar-refractivity contribution < 1.29 is 22.8 Å². The summed E-state index contributed by atoms with van der Waals surface area (Å²) in [6.07, 6.45) is -2.75. The molecule has 0 bridgehead atoms. The summed E-state index contributed by atoms with van der Waals surface area (Å²) >= 11 is 9.31. The van der Waals surface area contributed by atoms with E-state index in [1.165, 1.54) is 29.1 Å². The van der Waals surface area contributed by atoms with Gasteiger partial charge in [0.25, 0.3) is 11.8 Å². The van der Waals surface area contributed by atoms with E-state index in [-0.39, 0.29) is 40.4 Å². The molecule has 5 rings (SSSR count).